The van der Waals surface area contributed by atoms with E-state index in [1.54, 1.807) is 12.1 Å². The molecule has 0 aliphatic heterocycles. The summed E-state index contributed by atoms with van der Waals surface area (Å²) < 4.78 is 19.7. The first-order valence-corrected chi connectivity index (χ1v) is 9.43. The van der Waals surface area contributed by atoms with Gasteiger partial charge >= 0.3 is 0 Å². The van der Waals surface area contributed by atoms with E-state index < -0.39 is 0 Å². The summed E-state index contributed by atoms with van der Waals surface area (Å²) in [4.78, 5) is 0. The summed E-state index contributed by atoms with van der Waals surface area (Å²) in [5.41, 5.74) is 1.93. The van der Waals surface area contributed by atoms with Crippen molar-refractivity contribution in [2.45, 2.75) is 59.7 Å². The van der Waals surface area contributed by atoms with Crippen LogP contribution in [0.4, 0.5) is 4.39 Å². The number of rotatable bonds is 7. The molecule has 0 fully saturated rings. The maximum atomic E-state index is 13.8. The lowest BCUT2D eigenvalue weighted by atomic mass is 9.82. The highest BCUT2D eigenvalue weighted by molar-refractivity contribution is 6.30. The van der Waals surface area contributed by atoms with Gasteiger partial charge in [0.05, 0.1) is 5.54 Å². The summed E-state index contributed by atoms with van der Waals surface area (Å²) in [7, 11) is 0. The molecule has 0 unspecified atom stereocenters. The van der Waals surface area contributed by atoms with E-state index in [1.165, 1.54) is 6.07 Å². The third-order valence-corrected chi connectivity index (χ3v) is 4.46. The largest absolute Gasteiger partial charge is 0.488 e. The van der Waals surface area contributed by atoms with Crippen LogP contribution in [0.15, 0.2) is 42.5 Å². The van der Waals surface area contributed by atoms with Crippen molar-refractivity contribution in [3.8, 4) is 5.75 Å². The quantitative estimate of drug-likeness (QED) is 0.691. The Labute approximate surface area is 161 Å². The molecule has 0 heterocycles. The summed E-state index contributed by atoms with van der Waals surface area (Å²) >= 11 is 6.19. The van der Waals surface area contributed by atoms with Crippen LogP contribution in [0.1, 0.15) is 52.2 Å². The summed E-state index contributed by atoms with van der Waals surface area (Å²) in [5.74, 6) is 0.501. The van der Waals surface area contributed by atoms with Crippen LogP contribution in [0.3, 0.4) is 0 Å². The van der Waals surface area contributed by atoms with Crippen LogP contribution in [-0.4, -0.2) is 5.54 Å². The molecule has 0 saturated carbocycles. The Morgan fingerprint density at radius 2 is 1.69 bits per heavy atom. The van der Waals surface area contributed by atoms with Gasteiger partial charge in [0, 0.05) is 22.6 Å². The topological polar surface area (TPSA) is 25.8 Å². The Kier molecular flexibility index (Phi) is 6.70. The fourth-order valence-electron chi connectivity index (χ4n) is 3.44. The number of nitrogens with two attached hydrogens (primary N) is 1. The molecule has 2 aromatic carbocycles. The number of benzene rings is 2. The van der Waals surface area contributed by atoms with Crippen molar-refractivity contribution in [2.75, 3.05) is 0 Å². The van der Waals surface area contributed by atoms with Gasteiger partial charge in [0.1, 0.15) is 24.7 Å². The molecule has 142 valence electrons. The highest BCUT2D eigenvalue weighted by atomic mass is 35.5. The molecule has 2 nitrogen and oxygen atoms in total. The van der Waals surface area contributed by atoms with Crippen molar-refractivity contribution >= 4 is 11.6 Å². The van der Waals surface area contributed by atoms with Gasteiger partial charge in [0.15, 0.2) is 0 Å². The van der Waals surface area contributed by atoms with Gasteiger partial charge in [-0.15, -0.1) is 0 Å². The molecular weight excluding hydrogens is 349 g/mol. The standard InChI is InChI=1S/C22H29ClFNO/c1-21(2,3)15-22(4,5)25-13-17-12-18(23)10-11-20(17)26-14-16-8-6-7-9-19(16)24/h6-12,25H,13-15H2,1-5H3/p+1. The van der Waals surface area contributed by atoms with Crippen molar-refractivity contribution < 1.29 is 14.4 Å². The fourth-order valence-corrected chi connectivity index (χ4v) is 3.64. The van der Waals surface area contributed by atoms with Crippen molar-refractivity contribution in [3.05, 3.63) is 64.4 Å². The Morgan fingerprint density at radius 3 is 2.35 bits per heavy atom. The number of hydrogen-bond donors (Lipinski definition) is 1. The Hall–Kier alpha value is -1.58. The van der Waals surface area contributed by atoms with E-state index in [-0.39, 0.29) is 23.4 Å². The van der Waals surface area contributed by atoms with E-state index in [4.69, 9.17) is 16.3 Å². The molecule has 2 rings (SSSR count). The van der Waals surface area contributed by atoms with Gasteiger partial charge in [-0.05, 0) is 43.5 Å². The molecule has 0 saturated heterocycles. The molecule has 0 amide bonds. The first kappa shape index (κ1) is 20.7. The zero-order valence-corrected chi connectivity index (χ0v) is 17.2. The van der Waals surface area contributed by atoms with Crippen LogP contribution < -0.4 is 10.1 Å². The van der Waals surface area contributed by atoms with E-state index >= 15 is 0 Å². The van der Waals surface area contributed by atoms with Crippen molar-refractivity contribution in [1.29, 1.82) is 0 Å². The monoisotopic (exact) mass is 378 g/mol. The Balaban J connectivity index is 2.08. The maximum Gasteiger partial charge on any atom is 0.129 e. The van der Waals surface area contributed by atoms with Gasteiger partial charge in [0.25, 0.3) is 0 Å². The molecule has 26 heavy (non-hydrogen) atoms. The summed E-state index contributed by atoms with van der Waals surface area (Å²) in [6.07, 6.45) is 1.09. The lowest BCUT2D eigenvalue weighted by Gasteiger charge is -2.30. The van der Waals surface area contributed by atoms with Gasteiger partial charge in [-0.3, -0.25) is 0 Å². The van der Waals surface area contributed by atoms with Crippen LogP contribution in [0.25, 0.3) is 0 Å². The average Bonchev–Trinajstić information content (AvgIpc) is 2.51. The van der Waals surface area contributed by atoms with Crippen LogP contribution in [0, 0.1) is 11.2 Å². The number of hydrogen-bond acceptors (Lipinski definition) is 1. The minimum atomic E-state index is -0.249. The average molecular weight is 379 g/mol. The van der Waals surface area contributed by atoms with Gasteiger partial charge in [-0.1, -0.05) is 50.6 Å². The van der Waals surface area contributed by atoms with Gasteiger partial charge < -0.3 is 10.1 Å². The molecule has 4 heteroatoms. The molecule has 2 N–H and O–H groups in total. The minimum absolute atomic E-state index is 0.101. The smallest absolute Gasteiger partial charge is 0.129 e. The molecule has 0 atom stereocenters. The van der Waals surface area contributed by atoms with Crippen LogP contribution in [-0.2, 0) is 13.2 Å². The van der Waals surface area contributed by atoms with E-state index in [0.717, 1.165) is 24.3 Å². The summed E-state index contributed by atoms with van der Waals surface area (Å²) in [6.45, 7) is 12.2. The molecule has 0 spiro atoms. The van der Waals surface area contributed by atoms with E-state index in [9.17, 15) is 4.39 Å². The lowest BCUT2D eigenvalue weighted by Crippen LogP contribution is -2.94. The molecule has 0 aliphatic carbocycles. The van der Waals surface area contributed by atoms with Crippen molar-refractivity contribution in [2.24, 2.45) is 5.41 Å². The number of quaternary nitrogens is 1. The van der Waals surface area contributed by atoms with Crippen LogP contribution in [0.2, 0.25) is 5.02 Å². The third kappa shape index (κ3) is 6.62. The third-order valence-electron chi connectivity index (χ3n) is 4.22. The second-order valence-corrected chi connectivity index (χ2v) is 9.20. The Bertz CT molecular complexity index is 737. The number of ether oxygens (including phenoxy) is 1. The SMILES string of the molecule is CC(C)(C)CC(C)(C)[NH2+]Cc1cc(Cl)ccc1OCc1ccccc1F. The van der Waals surface area contributed by atoms with Crippen molar-refractivity contribution in [3.63, 3.8) is 0 Å². The first-order chi connectivity index (χ1) is 12.1. The molecular formula is C22H30ClFNO+. The van der Waals surface area contributed by atoms with Gasteiger partial charge in [-0.25, -0.2) is 4.39 Å². The molecule has 0 radical (unpaired) electrons. The highest BCUT2D eigenvalue weighted by Gasteiger charge is 2.28. The second kappa shape index (κ2) is 8.41. The van der Waals surface area contributed by atoms with E-state index in [0.29, 0.717) is 10.6 Å². The van der Waals surface area contributed by atoms with Crippen LogP contribution in [0.5, 0.6) is 5.75 Å². The molecule has 0 bridgehead atoms. The van der Waals surface area contributed by atoms with E-state index in [1.807, 2.05) is 24.3 Å². The minimum Gasteiger partial charge on any atom is -0.488 e. The fraction of sp³-hybridized carbons (Fsp3) is 0.455. The van der Waals surface area contributed by atoms with Gasteiger partial charge in [0.2, 0.25) is 0 Å². The highest BCUT2D eigenvalue weighted by Crippen LogP contribution is 2.26. The zero-order valence-electron chi connectivity index (χ0n) is 16.4. The maximum absolute atomic E-state index is 13.8. The number of halogens is 2. The normalized spacial score (nSPS) is 12.3. The predicted octanol–water partition coefficient (Wildman–Crippen LogP) is 5.34. The Morgan fingerprint density at radius 1 is 1.00 bits per heavy atom. The summed E-state index contributed by atoms with van der Waals surface area (Å²) in [5, 5.41) is 3.00. The van der Waals surface area contributed by atoms with Crippen LogP contribution >= 0.6 is 11.6 Å². The molecule has 0 aliphatic rings. The van der Waals surface area contributed by atoms with E-state index in [2.05, 4.69) is 39.9 Å². The second-order valence-electron chi connectivity index (χ2n) is 8.77. The van der Waals surface area contributed by atoms with Gasteiger partial charge in [-0.2, -0.15) is 0 Å². The van der Waals surface area contributed by atoms with Crippen molar-refractivity contribution in [1.82, 2.24) is 0 Å². The summed E-state index contributed by atoms with van der Waals surface area (Å²) in [6, 6.07) is 12.3. The lowest BCUT2D eigenvalue weighted by molar-refractivity contribution is -0.737. The first-order valence-electron chi connectivity index (χ1n) is 9.05. The molecule has 2 aromatic rings. The molecule has 0 aromatic heterocycles. The zero-order chi connectivity index (χ0) is 19.4. The predicted molar refractivity (Wildman–Crippen MR) is 106 cm³/mol.